The van der Waals surface area contributed by atoms with Gasteiger partial charge in [-0.3, -0.25) is 19.4 Å². The second kappa shape index (κ2) is 15.0. The van der Waals surface area contributed by atoms with Gasteiger partial charge < -0.3 is 33.9 Å². The number of benzene rings is 2. The number of rotatable bonds is 9. The number of alkyl halides is 2. The molecule has 334 valence electrons. The van der Waals surface area contributed by atoms with Crippen LogP contribution in [-0.2, 0) is 46.0 Å². The summed E-state index contributed by atoms with van der Waals surface area (Å²) in [5, 5.41) is 14.2. The van der Waals surface area contributed by atoms with E-state index in [0.29, 0.717) is 61.7 Å². The van der Waals surface area contributed by atoms with Crippen LogP contribution in [0.15, 0.2) is 47.4 Å². The lowest BCUT2D eigenvalue weighted by Gasteiger charge is -2.63. The molecule has 6 aliphatic rings. The van der Waals surface area contributed by atoms with Gasteiger partial charge in [0, 0.05) is 102 Å². The van der Waals surface area contributed by atoms with Crippen LogP contribution in [0.5, 0.6) is 5.75 Å². The molecule has 2 unspecified atom stereocenters. The highest BCUT2D eigenvalue weighted by molar-refractivity contribution is 7.99. The van der Waals surface area contributed by atoms with E-state index in [4.69, 9.17) is 18.9 Å². The molecule has 0 amide bonds. The Balaban J connectivity index is 1.36. The summed E-state index contributed by atoms with van der Waals surface area (Å²) >= 11 is 1.70. The van der Waals surface area contributed by atoms with Crippen LogP contribution in [0.25, 0.3) is 10.9 Å². The largest absolute Gasteiger partial charge is 0.496 e. The molecule has 1 saturated carbocycles. The number of hydrogen-bond acceptors (Lipinski definition) is 12. The Morgan fingerprint density at radius 1 is 1.03 bits per heavy atom. The first kappa shape index (κ1) is 43.1. The number of esters is 3. The van der Waals surface area contributed by atoms with Crippen molar-refractivity contribution in [3.63, 3.8) is 0 Å². The van der Waals surface area contributed by atoms with E-state index in [1.165, 1.54) is 21.1 Å². The summed E-state index contributed by atoms with van der Waals surface area (Å²) in [6.45, 7) is 8.64. The Kier molecular flexibility index (Phi) is 10.4. The molecule has 1 spiro atoms. The maximum atomic E-state index is 15.5. The number of aliphatic hydroxyl groups is 1. The summed E-state index contributed by atoms with van der Waals surface area (Å²) in [6, 6.07) is 8.75. The van der Waals surface area contributed by atoms with E-state index in [9.17, 15) is 14.7 Å². The molecule has 3 aromatic rings. The maximum Gasteiger partial charge on any atom is 0.344 e. The standard InChI is InChI=1S/C47H58F2N4O8S/c1-9-44-14-11-16-53-17-15-45(38(44)53)32-20-33(36(58-6)21-35(32)51(5)39(45)47(57,42(56)60-8)40(44)61-26(3)54)46(41(55)59-7)22-27-18-28(43(4,48)49)24-52(23-27)25-31-30-19-29(62-10-2)12-13-34(30)50-37(31)46/h11-14,19-21,27-28,38-40,50,57H,9-10,15-18,22-25H2,1-8H3/t27-,28?,38+,39-,40-,44-,45-,46+,47+/m1/s1. The molecule has 2 bridgehead atoms. The normalized spacial score (nSPS) is 34.7. The zero-order valence-electron chi connectivity index (χ0n) is 36.8. The van der Waals surface area contributed by atoms with Gasteiger partial charge in [-0.15, -0.1) is 11.8 Å². The number of carbonyl (C=O) groups is 3. The van der Waals surface area contributed by atoms with Gasteiger partial charge in [0.05, 0.1) is 27.4 Å². The number of fused-ring (bicyclic) bond motifs is 6. The number of halogens is 2. The van der Waals surface area contributed by atoms with Gasteiger partial charge in [-0.1, -0.05) is 26.0 Å². The first-order valence-electron chi connectivity index (χ1n) is 21.8. The molecule has 0 radical (unpaired) electrons. The van der Waals surface area contributed by atoms with E-state index in [0.717, 1.165) is 39.6 Å². The fraction of sp³-hybridized carbons (Fsp3) is 0.596. The van der Waals surface area contributed by atoms with Crippen molar-refractivity contribution in [2.75, 3.05) is 65.2 Å². The number of piperidine rings is 1. The highest BCUT2D eigenvalue weighted by Crippen LogP contribution is 2.68. The van der Waals surface area contributed by atoms with Crippen LogP contribution in [0.2, 0.25) is 0 Å². The van der Waals surface area contributed by atoms with E-state index in [1.807, 2.05) is 49.2 Å². The molecule has 9 rings (SSSR count). The zero-order chi connectivity index (χ0) is 44.3. The number of anilines is 1. The van der Waals surface area contributed by atoms with Crippen LogP contribution in [0.3, 0.4) is 0 Å². The number of methoxy groups -OCH3 is 3. The number of H-pyrrole nitrogens is 1. The van der Waals surface area contributed by atoms with Crippen LogP contribution in [0, 0.1) is 17.3 Å². The summed E-state index contributed by atoms with van der Waals surface area (Å²) in [5.41, 5.74) is -1.64. The Bertz CT molecular complexity index is 2370. The fourth-order valence-corrected chi connectivity index (χ4v) is 14.2. The lowest BCUT2D eigenvalue weighted by Crippen LogP contribution is -2.81. The number of aromatic amines is 1. The van der Waals surface area contributed by atoms with E-state index >= 15 is 13.6 Å². The molecule has 3 fully saturated rings. The number of likely N-dealkylation sites (N-methyl/N-ethyl adjacent to an activating group) is 1. The van der Waals surface area contributed by atoms with Crippen molar-refractivity contribution in [2.45, 2.75) is 105 Å². The average molecular weight is 877 g/mol. The summed E-state index contributed by atoms with van der Waals surface area (Å²) in [4.78, 5) is 53.9. The minimum Gasteiger partial charge on any atom is -0.496 e. The van der Waals surface area contributed by atoms with Crippen molar-refractivity contribution in [3.05, 3.63) is 64.9 Å². The van der Waals surface area contributed by atoms with E-state index in [-0.39, 0.29) is 31.3 Å². The highest BCUT2D eigenvalue weighted by Gasteiger charge is 2.80. The summed E-state index contributed by atoms with van der Waals surface area (Å²) in [6.07, 6.45) is 4.03. The lowest BCUT2D eigenvalue weighted by atomic mass is 9.47. The van der Waals surface area contributed by atoms with Crippen molar-refractivity contribution in [2.24, 2.45) is 17.3 Å². The smallest absolute Gasteiger partial charge is 0.344 e. The third-order valence-corrected chi connectivity index (χ3v) is 16.5. The minimum absolute atomic E-state index is 0.151. The van der Waals surface area contributed by atoms with Crippen LogP contribution < -0.4 is 9.64 Å². The van der Waals surface area contributed by atoms with E-state index in [1.54, 1.807) is 18.9 Å². The van der Waals surface area contributed by atoms with Gasteiger partial charge in [0.2, 0.25) is 11.5 Å². The summed E-state index contributed by atoms with van der Waals surface area (Å²) in [7, 11) is 5.96. The third-order valence-electron chi connectivity index (χ3n) is 15.6. The molecular weight excluding hydrogens is 819 g/mol. The number of nitrogens with one attached hydrogen (secondary N) is 1. The van der Waals surface area contributed by atoms with Crippen LogP contribution in [-0.4, -0.2) is 128 Å². The van der Waals surface area contributed by atoms with Crippen molar-refractivity contribution < 1.29 is 47.2 Å². The summed E-state index contributed by atoms with van der Waals surface area (Å²) in [5.74, 6) is -5.09. The molecule has 62 heavy (non-hydrogen) atoms. The molecule has 10 atom stereocenters. The molecule has 2 N–H and O–H groups in total. The highest BCUT2D eigenvalue weighted by atomic mass is 32.2. The first-order valence-corrected chi connectivity index (χ1v) is 22.8. The molecule has 1 aromatic heterocycles. The summed E-state index contributed by atoms with van der Waals surface area (Å²) < 4.78 is 54.7. The maximum absolute atomic E-state index is 15.5. The van der Waals surface area contributed by atoms with Crippen molar-refractivity contribution in [3.8, 4) is 5.75 Å². The topological polar surface area (TPSA) is 134 Å². The molecule has 5 aliphatic heterocycles. The second-order valence-electron chi connectivity index (χ2n) is 18.6. The van der Waals surface area contributed by atoms with Crippen LogP contribution in [0.1, 0.15) is 75.8 Å². The number of nitrogens with zero attached hydrogens (tertiary/aromatic N) is 3. The first-order chi connectivity index (χ1) is 29.5. The monoisotopic (exact) mass is 876 g/mol. The Morgan fingerprint density at radius 3 is 2.45 bits per heavy atom. The van der Waals surface area contributed by atoms with Gasteiger partial charge in [-0.05, 0) is 86.2 Å². The lowest BCUT2D eigenvalue weighted by molar-refractivity contribution is -0.228. The number of carbonyl (C=O) groups excluding carboxylic acids is 3. The van der Waals surface area contributed by atoms with Crippen LogP contribution >= 0.6 is 11.8 Å². The van der Waals surface area contributed by atoms with E-state index < -0.39 is 63.7 Å². The predicted molar refractivity (Wildman–Crippen MR) is 231 cm³/mol. The van der Waals surface area contributed by atoms with Crippen molar-refractivity contribution >= 4 is 46.3 Å². The average Bonchev–Trinajstić information content (AvgIpc) is 3.89. The quantitative estimate of drug-likeness (QED) is 0.110. The molecule has 2 saturated heterocycles. The Morgan fingerprint density at radius 2 is 1.79 bits per heavy atom. The van der Waals surface area contributed by atoms with Gasteiger partial charge in [0.15, 0.2) is 6.10 Å². The van der Waals surface area contributed by atoms with E-state index in [2.05, 4.69) is 33.8 Å². The SMILES string of the molecule is CCSc1ccc2[nH]c3c(c2c1)CN1CC(C(C)(F)F)C[C@@H](C1)C[C@]3(C(=O)OC)c1cc2c(cc1OC)N(C)[C@H]1[C@@](O)(C(=O)OC)[C@H](OC(C)=O)[C@]3(CC)C=CCN4CC[C@]21[C@@H]43. The Labute approximate surface area is 365 Å². The second-order valence-corrected chi connectivity index (χ2v) is 20.0. The molecule has 6 heterocycles. The molecule has 1 aliphatic carbocycles. The molecule has 12 nitrogen and oxygen atoms in total. The van der Waals surface area contributed by atoms with Crippen molar-refractivity contribution in [1.82, 2.24) is 14.8 Å². The number of hydrogen-bond donors (Lipinski definition) is 2. The van der Waals surface area contributed by atoms with Gasteiger partial charge in [0.25, 0.3) is 0 Å². The van der Waals surface area contributed by atoms with Crippen LogP contribution in [0.4, 0.5) is 14.5 Å². The van der Waals surface area contributed by atoms with Gasteiger partial charge in [-0.2, -0.15) is 0 Å². The third kappa shape index (κ3) is 5.75. The molecular formula is C47H58F2N4O8S. The fourth-order valence-electron chi connectivity index (χ4n) is 13.5. The Hall–Kier alpha value is -4.18. The predicted octanol–water partition coefficient (Wildman–Crippen LogP) is 6.19. The molecule has 15 heteroatoms. The van der Waals surface area contributed by atoms with Crippen molar-refractivity contribution in [1.29, 1.82) is 0 Å². The van der Waals surface area contributed by atoms with Gasteiger partial charge in [-0.25, -0.2) is 13.6 Å². The van der Waals surface area contributed by atoms with Gasteiger partial charge >= 0.3 is 17.9 Å². The zero-order valence-corrected chi connectivity index (χ0v) is 37.6. The molecule has 2 aromatic carbocycles. The number of ether oxygens (including phenoxy) is 4. The number of thioether (sulfide) groups is 1. The minimum atomic E-state index is -2.95. The van der Waals surface area contributed by atoms with Gasteiger partial charge in [0.1, 0.15) is 11.2 Å². The number of aromatic nitrogens is 1.